The minimum atomic E-state index is -4.28. The number of benzene rings is 1. The fourth-order valence-electron chi connectivity index (χ4n) is 1.66. The van der Waals surface area contributed by atoms with Crippen LogP contribution in [0.25, 0.3) is 0 Å². The first-order valence-corrected chi connectivity index (χ1v) is 6.15. The van der Waals surface area contributed by atoms with E-state index in [2.05, 4.69) is 5.32 Å². The molecular formula is C13H19F3N2. The van der Waals surface area contributed by atoms with E-state index in [-0.39, 0.29) is 0 Å². The highest BCUT2D eigenvalue weighted by molar-refractivity contribution is 5.46. The van der Waals surface area contributed by atoms with E-state index in [4.69, 9.17) is 5.73 Å². The first-order chi connectivity index (χ1) is 8.54. The van der Waals surface area contributed by atoms with E-state index in [1.54, 1.807) is 6.07 Å². The van der Waals surface area contributed by atoms with Gasteiger partial charge < -0.3 is 11.1 Å². The molecule has 0 spiro atoms. The van der Waals surface area contributed by atoms with E-state index in [0.29, 0.717) is 18.8 Å². The van der Waals surface area contributed by atoms with Gasteiger partial charge in [-0.25, -0.2) is 0 Å². The average Bonchev–Trinajstić information content (AvgIpc) is 2.33. The summed E-state index contributed by atoms with van der Waals surface area (Å²) in [7, 11) is 0. The van der Waals surface area contributed by atoms with E-state index in [1.165, 1.54) is 6.07 Å². The van der Waals surface area contributed by atoms with E-state index in [9.17, 15) is 13.2 Å². The smallest absolute Gasteiger partial charge is 0.385 e. The Labute approximate surface area is 105 Å². The number of anilines is 1. The standard InChI is InChI=1S/C13H19F3N2/c14-13(15,16)11-6-5-7-12(10-11)18-9-4-2-1-3-8-17/h5-7,10,18H,1-4,8-9,17H2. The van der Waals surface area contributed by atoms with Crippen LogP contribution in [0.1, 0.15) is 31.2 Å². The molecule has 0 aliphatic heterocycles. The highest BCUT2D eigenvalue weighted by Gasteiger charge is 2.30. The molecular weight excluding hydrogens is 241 g/mol. The molecule has 0 radical (unpaired) electrons. The van der Waals surface area contributed by atoms with Gasteiger partial charge in [-0.1, -0.05) is 18.9 Å². The van der Waals surface area contributed by atoms with Crippen molar-refractivity contribution >= 4 is 5.69 Å². The highest BCUT2D eigenvalue weighted by Crippen LogP contribution is 2.30. The van der Waals surface area contributed by atoms with Gasteiger partial charge in [-0.05, 0) is 37.6 Å². The Kier molecular flexibility index (Phi) is 5.98. The second kappa shape index (κ2) is 7.26. The maximum Gasteiger partial charge on any atom is 0.416 e. The molecule has 2 nitrogen and oxygen atoms in total. The van der Waals surface area contributed by atoms with Gasteiger partial charge in [0.15, 0.2) is 0 Å². The topological polar surface area (TPSA) is 38.0 Å². The molecule has 0 unspecified atom stereocenters. The molecule has 1 rings (SSSR count). The second-order valence-corrected chi connectivity index (χ2v) is 4.21. The molecule has 102 valence electrons. The van der Waals surface area contributed by atoms with Gasteiger partial charge in [0.2, 0.25) is 0 Å². The number of unbranched alkanes of at least 4 members (excludes halogenated alkanes) is 3. The van der Waals surface area contributed by atoms with Crippen molar-refractivity contribution in [2.75, 3.05) is 18.4 Å². The minimum absolute atomic E-state index is 0.517. The number of hydrogen-bond acceptors (Lipinski definition) is 2. The summed E-state index contributed by atoms with van der Waals surface area (Å²) in [5.74, 6) is 0. The number of nitrogens with two attached hydrogens (primary N) is 1. The van der Waals surface area contributed by atoms with E-state index in [0.717, 1.165) is 37.8 Å². The maximum absolute atomic E-state index is 12.5. The lowest BCUT2D eigenvalue weighted by molar-refractivity contribution is -0.137. The molecule has 0 fully saturated rings. The lowest BCUT2D eigenvalue weighted by Gasteiger charge is -2.10. The Hall–Kier alpha value is -1.23. The minimum Gasteiger partial charge on any atom is -0.385 e. The average molecular weight is 260 g/mol. The summed E-state index contributed by atoms with van der Waals surface area (Å²) >= 11 is 0. The lowest BCUT2D eigenvalue weighted by atomic mass is 10.1. The Morgan fingerprint density at radius 2 is 1.78 bits per heavy atom. The molecule has 1 aromatic carbocycles. The maximum atomic E-state index is 12.5. The zero-order chi connectivity index (χ0) is 13.4. The van der Waals surface area contributed by atoms with Gasteiger partial charge in [0.05, 0.1) is 5.56 Å². The number of nitrogens with one attached hydrogen (secondary N) is 1. The quantitative estimate of drug-likeness (QED) is 0.735. The van der Waals surface area contributed by atoms with Crippen LogP contribution in [-0.2, 0) is 6.18 Å². The third-order valence-corrected chi connectivity index (χ3v) is 2.65. The molecule has 0 aliphatic carbocycles. The summed E-state index contributed by atoms with van der Waals surface area (Å²) in [6, 6.07) is 5.28. The van der Waals surface area contributed by atoms with Gasteiger partial charge in [0, 0.05) is 12.2 Å². The first kappa shape index (κ1) is 14.8. The van der Waals surface area contributed by atoms with E-state index >= 15 is 0 Å². The molecule has 0 heterocycles. The molecule has 0 aromatic heterocycles. The number of rotatable bonds is 7. The van der Waals surface area contributed by atoms with Crippen LogP contribution in [0, 0.1) is 0 Å². The van der Waals surface area contributed by atoms with E-state index in [1.807, 2.05) is 0 Å². The van der Waals surface area contributed by atoms with Crippen molar-refractivity contribution in [1.82, 2.24) is 0 Å². The van der Waals surface area contributed by atoms with Crippen LogP contribution in [-0.4, -0.2) is 13.1 Å². The monoisotopic (exact) mass is 260 g/mol. The lowest BCUT2D eigenvalue weighted by Crippen LogP contribution is -2.07. The summed E-state index contributed by atoms with van der Waals surface area (Å²) in [4.78, 5) is 0. The van der Waals surface area contributed by atoms with Crippen molar-refractivity contribution in [3.05, 3.63) is 29.8 Å². The van der Waals surface area contributed by atoms with Crippen LogP contribution in [0.4, 0.5) is 18.9 Å². The summed E-state index contributed by atoms with van der Waals surface area (Å²) in [5.41, 5.74) is 5.27. The Morgan fingerprint density at radius 3 is 2.44 bits per heavy atom. The van der Waals surface area contributed by atoms with Crippen LogP contribution in [0.15, 0.2) is 24.3 Å². The molecule has 0 aliphatic rings. The molecule has 3 N–H and O–H groups in total. The third-order valence-electron chi connectivity index (χ3n) is 2.65. The molecule has 5 heteroatoms. The van der Waals surface area contributed by atoms with Crippen molar-refractivity contribution < 1.29 is 13.2 Å². The first-order valence-electron chi connectivity index (χ1n) is 6.15. The van der Waals surface area contributed by atoms with Crippen molar-refractivity contribution in [3.8, 4) is 0 Å². The van der Waals surface area contributed by atoms with Gasteiger partial charge in [-0.3, -0.25) is 0 Å². The largest absolute Gasteiger partial charge is 0.416 e. The summed E-state index contributed by atoms with van der Waals surface area (Å²) in [6.07, 6.45) is -0.220. The second-order valence-electron chi connectivity index (χ2n) is 4.21. The normalized spacial score (nSPS) is 11.6. The molecule has 18 heavy (non-hydrogen) atoms. The number of hydrogen-bond donors (Lipinski definition) is 2. The SMILES string of the molecule is NCCCCCCNc1cccc(C(F)(F)F)c1. The molecule has 0 saturated heterocycles. The van der Waals surface area contributed by atoms with Gasteiger partial charge in [-0.2, -0.15) is 13.2 Å². The molecule has 0 saturated carbocycles. The molecule has 0 bridgehead atoms. The van der Waals surface area contributed by atoms with Crippen LogP contribution in [0.3, 0.4) is 0 Å². The van der Waals surface area contributed by atoms with Gasteiger partial charge in [0.1, 0.15) is 0 Å². The zero-order valence-electron chi connectivity index (χ0n) is 10.3. The third kappa shape index (κ3) is 5.40. The van der Waals surface area contributed by atoms with Crippen LogP contribution in [0.5, 0.6) is 0 Å². The summed E-state index contributed by atoms with van der Waals surface area (Å²) in [5, 5.41) is 3.00. The van der Waals surface area contributed by atoms with Crippen LogP contribution < -0.4 is 11.1 Å². The fourth-order valence-corrected chi connectivity index (χ4v) is 1.66. The predicted molar refractivity (Wildman–Crippen MR) is 67.5 cm³/mol. The fraction of sp³-hybridized carbons (Fsp3) is 0.538. The van der Waals surface area contributed by atoms with E-state index < -0.39 is 11.7 Å². The zero-order valence-corrected chi connectivity index (χ0v) is 10.3. The van der Waals surface area contributed by atoms with Gasteiger partial charge in [-0.15, -0.1) is 0 Å². The Bertz CT molecular complexity index is 350. The summed E-state index contributed by atoms with van der Waals surface area (Å²) < 4.78 is 37.4. The van der Waals surface area contributed by atoms with Crippen molar-refractivity contribution in [2.24, 2.45) is 5.73 Å². The highest BCUT2D eigenvalue weighted by atomic mass is 19.4. The molecule has 0 amide bonds. The Balaban J connectivity index is 2.34. The van der Waals surface area contributed by atoms with Crippen LogP contribution >= 0.6 is 0 Å². The van der Waals surface area contributed by atoms with Crippen LogP contribution in [0.2, 0.25) is 0 Å². The predicted octanol–water partition coefficient (Wildman–Crippen LogP) is 3.64. The Morgan fingerprint density at radius 1 is 1.06 bits per heavy atom. The number of alkyl halides is 3. The summed E-state index contributed by atoms with van der Waals surface area (Å²) in [6.45, 7) is 1.38. The van der Waals surface area contributed by atoms with Crippen molar-refractivity contribution in [1.29, 1.82) is 0 Å². The van der Waals surface area contributed by atoms with Crippen molar-refractivity contribution in [2.45, 2.75) is 31.9 Å². The van der Waals surface area contributed by atoms with Gasteiger partial charge >= 0.3 is 6.18 Å². The molecule has 0 atom stereocenters. The van der Waals surface area contributed by atoms with Crippen molar-refractivity contribution in [3.63, 3.8) is 0 Å². The molecule has 1 aromatic rings. The van der Waals surface area contributed by atoms with Gasteiger partial charge in [0.25, 0.3) is 0 Å². The number of halogens is 3.